The van der Waals surface area contributed by atoms with Crippen LogP contribution in [0.5, 0.6) is 0 Å². The number of piperidine rings is 1. The molecule has 1 heterocycles. The van der Waals surface area contributed by atoms with E-state index in [9.17, 15) is 10.2 Å². The fourth-order valence-electron chi connectivity index (χ4n) is 3.83. The molecule has 1 aromatic carbocycles. The van der Waals surface area contributed by atoms with E-state index in [0.29, 0.717) is 10.9 Å². The highest BCUT2D eigenvalue weighted by molar-refractivity contribution is 6.33. The Hall–Kier alpha value is -0.770. The van der Waals surface area contributed by atoms with Gasteiger partial charge in [0.05, 0.1) is 22.4 Å². The quantitative estimate of drug-likeness (QED) is 0.878. The molecule has 0 bridgehead atoms. The molecule has 1 aliphatic carbocycles. The van der Waals surface area contributed by atoms with Crippen LogP contribution < -0.4 is 4.90 Å². The lowest BCUT2D eigenvalue weighted by molar-refractivity contribution is -0.0612. The van der Waals surface area contributed by atoms with Gasteiger partial charge in [0.25, 0.3) is 0 Å². The number of aliphatic hydroxyl groups excluding tert-OH is 1. The number of fused-ring (bicyclic) bond motifs is 1. The largest absolute Gasteiger partial charge is 0.389 e. The van der Waals surface area contributed by atoms with Gasteiger partial charge in [-0.05, 0) is 43.9 Å². The number of benzene rings is 1. The molecule has 116 valence electrons. The van der Waals surface area contributed by atoms with E-state index in [4.69, 9.17) is 11.6 Å². The van der Waals surface area contributed by atoms with Crippen molar-refractivity contribution < 1.29 is 10.2 Å². The molecule has 0 radical (unpaired) electrons. The topological polar surface area (TPSA) is 43.7 Å². The van der Waals surface area contributed by atoms with Crippen molar-refractivity contribution in [2.75, 3.05) is 18.0 Å². The highest BCUT2D eigenvalue weighted by atomic mass is 35.5. The highest BCUT2D eigenvalue weighted by Crippen LogP contribution is 2.42. The van der Waals surface area contributed by atoms with Gasteiger partial charge in [-0.3, -0.25) is 0 Å². The molecular formula is C17H24ClNO2. The highest BCUT2D eigenvalue weighted by Gasteiger charge is 2.42. The van der Waals surface area contributed by atoms with E-state index in [0.717, 1.165) is 50.0 Å². The molecule has 1 aliphatic heterocycles. The van der Waals surface area contributed by atoms with E-state index in [1.807, 2.05) is 18.2 Å². The summed E-state index contributed by atoms with van der Waals surface area (Å²) in [6, 6.07) is 5.79. The molecule has 1 saturated carbocycles. The van der Waals surface area contributed by atoms with Gasteiger partial charge in [0.15, 0.2) is 0 Å². The third-order valence-corrected chi connectivity index (χ3v) is 5.53. The van der Waals surface area contributed by atoms with Crippen LogP contribution in [0.4, 0.5) is 5.69 Å². The number of hydrogen-bond donors (Lipinski definition) is 2. The second-order valence-corrected chi connectivity index (χ2v) is 7.04. The van der Waals surface area contributed by atoms with Crippen molar-refractivity contribution in [3.8, 4) is 0 Å². The molecule has 3 rings (SSSR count). The maximum Gasteiger partial charge on any atom is 0.0762 e. The van der Waals surface area contributed by atoms with E-state index < -0.39 is 11.7 Å². The molecule has 2 unspecified atom stereocenters. The van der Waals surface area contributed by atoms with Crippen LogP contribution in [0.3, 0.4) is 0 Å². The van der Waals surface area contributed by atoms with Crippen molar-refractivity contribution in [1.82, 2.24) is 0 Å². The maximum absolute atomic E-state index is 10.7. The molecular weight excluding hydrogens is 286 g/mol. The molecule has 2 aliphatic rings. The summed E-state index contributed by atoms with van der Waals surface area (Å²) in [6.07, 6.45) is 4.75. The molecule has 3 nitrogen and oxygen atoms in total. The Labute approximate surface area is 131 Å². The van der Waals surface area contributed by atoms with Crippen LogP contribution in [0.1, 0.15) is 50.7 Å². The average molecular weight is 310 g/mol. The summed E-state index contributed by atoms with van der Waals surface area (Å²) in [5.41, 5.74) is 1.41. The fraction of sp³-hybridized carbons (Fsp3) is 0.647. The summed E-state index contributed by atoms with van der Waals surface area (Å²) in [6.45, 7) is 3.47. The normalized spacial score (nSPS) is 30.9. The van der Waals surface area contributed by atoms with Crippen molar-refractivity contribution in [2.24, 2.45) is 5.92 Å². The predicted octanol–water partition coefficient (Wildman–Crippen LogP) is 3.52. The third kappa shape index (κ3) is 2.92. The van der Waals surface area contributed by atoms with Crippen LogP contribution in [0.25, 0.3) is 0 Å². The first-order valence-corrected chi connectivity index (χ1v) is 8.32. The molecule has 2 fully saturated rings. The number of aliphatic hydroxyl groups is 2. The number of anilines is 1. The van der Waals surface area contributed by atoms with Gasteiger partial charge in [0.2, 0.25) is 0 Å². The zero-order valence-corrected chi connectivity index (χ0v) is 13.3. The van der Waals surface area contributed by atoms with Gasteiger partial charge >= 0.3 is 0 Å². The molecule has 4 heteroatoms. The zero-order valence-electron chi connectivity index (χ0n) is 12.6. The van der Waals surface area contributed by atoms with Gasteiger partial charge in [0.1, 0.15) is 0 Å². The molecule has 2 N–H and O–H groups in total. The molecule has 0 amide bonds. The first-order chi connectivity index (χ1) is 9.99. The van der Waals surface area contributed by atoms with Gasteiger partial charge in [0, 0.05) is 19.0 Å². The summed E-state index contributed by atoms with van der Waals surface area (Å²) >= 11 is 6.40. The van der Waals surface area contributed by atoms with Crippen LogP contribution >= 0.6 is 11.6 Å². The lowest BCUT2D eigenvalue weighted by atomic mass is 9.71. The van der Waals surface area contributed by atoms with Crippen LogP contribution in [-0.4, -0.2) is 28.9 Å². The Bertz CT molecular complexity index is 520. The van der Waals surface area contributed by atoms with Crippen molar-refractivity contribution >= 4 is 17.3 Å². The molecule has 0 spiro atoms. The van der Waals surface area contributed by atoms with E-state index >= 15 is 0 Å². The summed E-state index contributed by atoms with van der Waals surface area (Å²) in [5, 5.41) is 21.1. The lowest BCUT2D eigenvalue weighted by Crippen LogP contribution is -2.53. The van der Waals surface area contributed by atoms with E-state index in [1.54, 1.807) is 6.92 Å². The SMILES string of the molecule is C[C@H](O)c1ccc(N2CCC3(O)CCCCC3C2)c(Cl)c1. The van der Waals surface area contributed by atoms with Crippen molar-refractivity contribution in [2.45, 2.75) is 50.7 Å². The van der Waals surface area contributed by atoms with Crippen molar-refractivity contribution in [3.05, 3.63) is 28.8 Å². The van der Waals surface area contributed by atoms with Gasteiger partial charge < -0.3 is 15.1 Å². The number of rotatable bonds is 2. The Kier molecular flexibility index (Phi) is 4.17. The summed E-state index contributed by atoms with van der Waals surface area (Å²) < 4.78 is 0. The summed E-state index contributed by atoms with van der Waals surface area (Å²) in [5.74, 6) is 0.354. The Morgan fingerprint density at radius 1 is 1.33 bits per heavy atom. The molecule has 1 saturated heterocycles. The smallest absolute Gasteiger partial charge is 0.0762 e. The van der Waals surface area contributed by atoms with E-state index in [1.165, 1.54) is 6.42 Å². The monoisotopic (exact) mass is 309 g/mol. The van der Waals surface area contributed by atoms with Crippen molar-refractivity contribution in [3.63, 3.8) is 0 Å². The number of hydrogen-bond acceptors (Lipinski definition) is 3. The predicted molar refractivity (Wildman–Crippen MR) is 85.8 cm³/mol. The summed E-state index contributed by atoms with van der Waals surface area (Å²) in [7, 11) is 0. The third-order valence-electron chi connectivity index (χ3n) is 5.22. The average Bonchev–Trinajstić information content (AvgIpc) is 2.46. The fourth-order valence-corrected chi connectivity index (χ4v) is 4.14. The first kappa shape index (κ1) is 15.1. The maximum atomic E-state index is 10.7. The minimum absolute atomic E-state index is 0.354. The zero-order chi connectivity index (χ0) is 15.0. The van der Waals surface area contributed by atoms with Crippen LogP contribution in [0.15, 0.2) is 18.2 Å². The van der Waals surface area contributed by atoms with E-state index in [-0.39, 0.29) is 0 Å². The number of nitrogens with zero attached hydrogens (tertiary/aromatic N) is 1. The standard InChI is InChI=1S/C17H24ClNO2/c1-12(20)13-5-6-16(15(18)10-13)19-9-8-17(21)7-3-2-4-14(17)11-19/h5-6,10,12,14,20-21H,2-4,7-9,11H2,1H3/t12-,14?,17?/m0/s1. The van der Waals surface area contributed by atoms with Gasteiger partial charge in [-0.25, -0.2) is 0 Å². The van der Waals surface area contributed by atoms with Crippen LogP contribution in [-0.2, 0) is 0 Å². The first-order valence-electron chi connectivity index (χ1n) is 7.94. The molecule has 0 aromatic heterocycles. The molecule has 3 atom stereocenters. The lowest BCUT2D eigenvalue weighted by Gasteiger charge is -2.48. The van der Waals surface area contributed by atoms with Crippen LogP contribution in [0, 0.1) is 5.92 Å². The van der Waals surface area contributed by atoms with Crippen LogP contribution in [0.2, 0.25) is 5.02 Å². The minimum Gasteiger partial charge on any atom is -0.389 e. The molecule has 21 heavy (non-hydrogen) atoms. The van der Waals surface area contributed by atoms with E-state index in [2.05, 4.69) is 4.90 Å². The van der Waals surface area contributed by atoms with Gasteiger partial charge in [-0.1, -0.05) is 30.5 Å². The van der Waals surface area contributed by atoms with Crippen molar-refractivity contribution in [1.29, 1.82) is 0 Å². The van der Waals surface area contributed by atoms with Gasteiger partial charge in [-0.2, -0.15) is 0 Å². The number of halogens is 1. The summed E-state index contributed by atoms with van der Waals surface area (Å²) in [4.78, 5) is 2.29. The Balaban J connectivity index is 1.79. The van der Waals surface area contributed by atoms with Gasteiger partial charge in [-0.15, -0.1) is 0 Å². The second-order valence-electron chi connectivity index (χ2n) is 6.63. The Morgan fingerprint density at radius 3 is 2.86 bits per heavy atom. The Morgan fingerprint density at radius 2 is 2.14 bits per heavy atom. The molecule has 1 aromatic rings. The minimum atomic E-state index is -0.499. The second kappa shape index (κ2) is 5.79.